The molecule has 0 radical (unpaired) electrons. The Morgan fingerprint density at radius 3 is 2.03 bits per heavy atom. The molecule has 0 fully saturated rings. The number of fused-ring (bicyclic) bond motifs is 1. The molecule has 2 aromatic heterocycles. The molecule has 0 aliphatic heterocycles. The SMILES string of the molecule is Cc1sc2ncnc(SC(c3ccccc3)c3ccccc3)c2c1-c1ccc(Cl)cc1. The van der Waals surface area contributed by atoms with Gasteiger partial charge in [-0.3, -0.25) is 0 Å². The third-order valence-corrected chi connectivity index (χ3v) is 7.77. The third-order valence-electron chi connectivity index (χ3n) is 5.20. The van der Waals surface area contributed by atoms with Gasteiger partial charge in [-0.25, -0.2) is 9.97 Å². The van der Waals surface area contributed by atoms with Gasteiger partial charge in [-0.2, -0.15) is 0 Å². The molecule has 0 saturated heterocycles. The van der Waals surface area contributed by atoms with Crippen LogP contribution in [0.4, 0.5) is 0 Å². The van der Waals surface area contributed by atoms with E-state index in [1.165, 1.54) is 21.6 Å². The van der Waals surface area contributed by atoms with Gasteiger partial charge in [0.1, 0.15) is 16.2 Å². The third kappa shape index (κ3) is 4.11. The lowest BCUT2D eigenvalue weighted by molar-refractivity contribution is 1.08. The molecule has 0 aliphatic rings. The second kappa shape index (κ2) is 8.83. The van der Waals surface area contributed by atoms with Crippen molar-refractivity contribution in [3.63, 3.8) is 0 Å². The van der Waals surface area contributed by atoms with Crippen LogP contribution >= 0.6 is 34.7 Å². The van der Waals surface area contributed by atoms with Crippen LogP contribution in [0.15, 0.2) is 96.3 Å². The normalized spacial score (nSPS) is 11.3. The van der Waals surface area contributed by atoms with Crippen LogP contribution in [0, 0.1) is 6.92 Å². The van der Waals surface area contributed by atoms with Crippen molar-refractivity contribution in [3.8, 4) is 11.1 Å². The Morgan fingerprint density at radius 1 is 0.806 bits per heavy atom. The fourth-order valence-corrected chi connectivity index (χ4v) is 6.20. The van der Waals surface area contributed by atoms with Crippen molar-refractivity contribution in [2.24, 2.45) is 0 Å². The summed E-state index contributed by atoms with van der Waals surface area (Å²) in [6.45, 7) is 2.15. The van der Waals surface area contributed by atoms with E-state index in [1.807, 2.05) is 12.1 Å². The molecule has 2 nitrogen and oxygen atoms in total. The van der Waals surface area contributed by atoms with Crippen molar-refractivity contribution in [3.05, 3.63) is 112 Å². The first kappa shape index (κ1) is 20.3. The molecular formula is C26H19ClN2S2. The predicted octanol–water partition coefficient (Wildman–Crippen LogP) is 8.20. The molecule has 2 heterocycles. The number of hydrogen-bond donors (Lipinski definition) is 0. The molecule has 5 aromatic rings. The summed E-state index contributed by atoms with van der Waals surface area (Å²) >= 11 is 9.63. The van der Waals surface area contributed by atoms with E-state index < -0.39 is 0 Å². The van der Waals surface area contributed by atoms with Gasteiger partial charge in [0.25, 0.3) is 0 Å². The number of aryl methyl sites for hydroxylation is 1. The van der Waals surface area contributed by atoms with E-state index in [9.17, 15) is 0 Å². The molecule has 5 rings (SSSR count). The largest absolute Gasteiger partial charge is 0.229 e. The van der Waals surface area contributed by atoms with Crippen molar-refractivity contribution in [2.45, 2.75) is 17.2 Å². The molecule has 152 valence electrons. The summed E-state index contributed by atoms with van der Waals surface area (Å²) in [5.74, 6) is 0. The molecule has 0 atom stereocenters. The maximum absolute atomic E-state index is 6.14. The molecule has 0 spiro atoms. The first-order valence-electron chi connectivity index (χ1n) is 9.97. The van der Waals surface area contributed by atoms with Crippen molar-refractivity contribution >= 4 is 44.9 Å². The average molecular weight is 459 g/mol. The highest BCUT2D eigenvalue weighted by atomic mass is 35.5. The zero-order chi connectivity index (χ0) is 21.2. The van der Waals surface area contributed by atoms with Crippen LogP contribution in [-0.4, -0.2) is 9.97 Å². The lowest BCUT2D eigenvalue weighted by Crippen LogP contribution is -1.98. The zero-order valence-electron chi connectivity index (χ0n) is 16.8. The van der Waals surface area contributed by atoms with E-state index in [0.717, 1.165) is 25.8 Å². The number of thioether (sulfide) groups is 1. The maximum Gasteiger partial charge on any atom is 0.128 e. The van der Waals surface area contributed by atoms with Crippen molar-refractivity contribution in [1.29, 1.82) is 0 Å². The molecule has 0 bridgehead atoms. The number of aromatic nitrogens is 2. The van der Waals surface area contributed by atoms with E-state index in [1.54, 1.807) is 29.4 Å². The van der Waals surface area contributed by atoms with Gasteiger partial charge in [0, 0.05) is 15.5 Å². The van der Waals surface area contributed by atoms with Crippen LogP contribution in [0.1, 0.15) is 21.3 Å². The topological polar surface area (TPSA) is 25.8 Å². The molecule has 0 amide bonds. The molecule has 31 heavy (non-hydrogen) atoms. The van der Waals surface area contributed by atoms with Crippen molar-refractivity contribution in [2.75, 3.05) is 0 Å². The molecular weight excluding hydrogens is 440 g/mol. The highest BCUT2D eigenvalue weighted by Crippen LogP contribution is 2.46. The van der Waals surface area contributed by atoms with E-state index in [-0.39, 0.29) is 5.25 Å². The second-order valence-electron chi connectivity index (χ2n) is 7.22. The Labute approximate surface area is 195 Å². The Kier molecular flexibility index (Phi) is 5.77. The highest BCUT2D eigenvalue weighted by molar-refractivity contribution is 7.99. The molecule has 0 saturated carbocycles. The Hall–Kier alpha value is -2.66. The van der Waals surface area contributed by atoms with E-state index in [2.05, 4.69) is 84.7 Å². The number of rotatable bonds is 5. The fourth-order valence-electron chi connectivity index (χ4n) is 3.77. The van der Waals surface area contributed by atoms with E-state index in [0.29, 0.717) is 0 Å². The molecule has 5 heteroatoms. The smallest absolute Gasteiger partial charge is 0.128 e. The van der Waals surface area contributed by atoms with Crippen LogP contribution in [0.25, 0.3) is 21.3 Å². The van der Waals surface area contributed by atoms with Crippen LogP contribution in [0.5, 0.6) is 0 Å². The van der Waals surface area contributed by atoms with Gasteiger partial charge in [-0.15, -0.1) is 11.3 Å². The lowest BCUT2D eigenvalue weighted by Gasteiger charge is -2.18. The Balaban J connectivity index is 1.66. The van der Waals surface area contributed by atoms with E-state index in [4.69, 9.17) is 16.6 Å². The first-order valence-corrected chi connectivity index (χ1v) is 12.0. The monoisotopic (exact) mass is 458 g/mol. The summed E-state index contributed by atoms with van der Waals surface area (Å²) in [5, 5.41) is 2.99. The Morgan fingerprint density at radius 2 is 1.42 bits per heavy atom. The minimum Gasteiger partial charge on any atom is -0.229 e. The van der Waals surface area contributed by atoms with Gasteiger partial charge in [0.05, 0.1) is 10.6 Å². The number of benzene rings is 3. The van der Waals surface area contributed by atoms with Gasteiger partial charge in [-0.05, 0) is 35.7 Å². The average Bonchev–Trinajstić information content (AvgIpc) is 3.15. The van der Waals surface area contributed by atoms with Crippen LogP contribution in [-0.2, 0) is 0 Å². The first-order chi connectivity index (χ1) is 15.2. The van der Waals surface area contributed by atoms with E-state index >= 15 is 0 Å². The minimum absolute atomic E-state index is 0.138. The lowest BCUT2D eigenvalue weighted by atomic mass is 10.0. The molecule has 0 N–H and O–H groups in total. The quantitative estimate of drug-likeness (QED) is 0.196. The number of nitrogens with zero attached hydrogens (tertiary/aromatic N) is 2. The highest BCUT2D eigenvalue weighted by Gasteiger charge is 2.22. The second-order valence-corrected chi connectivity index (χ2v) is 9.95. The molecule has 0 aliphatic carbocycles. The summed E-state index contributed by atoms with van der Waals surface area (Å²) in [6, 6.07) is 29.2. The zero-order valence-corrected chi connectivity index (χ0v) is 19.2. The van der Waals surface area contributed by atoms with Crippen molar-refractivity contribution < 1.29 is 0 Å². The number of hydrogen-bond acceptors (Lipinski definition) is 4. The summed E-state index contributed by atoms with van der Waals surface area (Å²) < 4.78 is 0. The standard InChI is InChI=1S/C26H19ClN2S2/c1-17-22(18-12-14-21(27)15-13-18)23-25(30-17)28-16-29-26(23)31-24(19-8-4-2-5-9-19)20-10-6-3-7-11-20/h2-16,24H,1H3. The van der Waals surface area contributed by atoms with Gasteiger partial charge in [0.2, 0.25) is 0 Å². The van der Waals surface area contributed by atoms with Gasteiger partial charge in [-0.1, -0.05) is 96.2 Å². The summed E-state index contributed by atoms with van der Waals surface area (Å²) in [5.41, 5.74) is 4.84. The van der Waals surface area contributed by atoms with Crippen LogP contribution in [0.2, 0.25) is 5.02 Å². The van der Waals surface area contributed by atoms with Crippen molar-refractivity contribution in [1.82, 2.24) is 9.97 Å². The number of thiophene rings is 1. The molecule has 0 unspecified atom stereocenters. The maximum atomic E-state index is 6.14. The molecule has 3 aromatic carbocycles. The Bertz CT molecular complexity index is 1280. The number of halogens is 1. The predicted molar refractivity (Wildman–Crippen MR) is 133 cm³/mol. The fraction of sp³-hybridized carbons (Fsp3) is 0.0769. The van der Waals surface area contributed by atoms with Gasteiger partial charge < -0.3 is 0 Å². The van der Waals surface area contributed by atoms with Gasteiger partial charge in [0.15, 0.2) is 0 Å². The summed E-state index contributed by atoms with van der Waals surface area (Å²) in [4.78, 5) is 11.6. The summed E-state index contributed by atoms with van der Waals surface area (Å²) in [7, 11) is 0. The summed E-state index contributed by atoms with van der Waals surface area (Å²) in [6.07, 6.45) is 1.68. The van der Waals surface area contributed by atoms with Gasteiger partial charge >= 0.3 is 0 Å². The van der Waals surface area contributed by atoms with Crippen LogP contribution in [0.3, 0.4) is 0 Å². The van der Waals surface area contributed by atoms with Crippen LogP contribution < -0.4 is 0 Å². The minimum atomic E-state index is 0.138.